The fraction of sp³-hybridized carbons (Fsp3) is 0.462. The molecule has 0 bridgehead atoms. The molecule has 0 amide bonds. The second-order valence-corrected chi connectivity index (χ2v) is 4.67. The van der Waals surface area contributed by atoms with Crippen molar-refractivity contribution in [1.29, 1.82) is 0 Å². The quantitative estimate of drug-likeness (QED) is 0.604. The number of rotatable bonds is 6. The van der Waals surface area contributed by atoms with E-state index in [9.17, 15) is 20.0 Å². The predicted molar refractivity (Wildman–Crippen MR) is 70.4 cm³/mol. The Hall–Kier alpha value is -1.99. The van der Waals surface area contributed by atoms with Crippen molar-refractivity contribution in [3.8, 4) is 0 Å². The van der Waals surface area contributed by atoms with E-state index >= 15 is 0 Å². The van der Waals surface area contributed by atoms with E-state index in [1.54, 1.807) is 6.07 Å². The number of nitrogens with zero attached hydrogens (tertiary/aromatic N) is 1. The minimum Gasteiger partial charge on any atom is -0.480 e. The average molecular weight is 280 g/mol. The van der Waals surface area contributed by atoms with Crippen LogP contribution in [0.3, 0.4) is 0 Å². The van der Waals surface area contributed by atoms with Crippen molar-refractivity contribution in [3.05, 3.63) is 39.9 Å². The molecular weight excluding hydrogens is 264 g/mol. The third kappa shape index (κ3) is 3.52. The van der Waals surface area contributed by atoms with Crippen LogP contribution in [0.15, 0.2) is 24.3 Å². The van der Waals surface area contributed by atoms with Crippen LogP contribution in [0, 0.1) is 10.1 Å². The molecule has 1 aliphatic rings. The van der Waals surface area contributed by atoms with E-state index in [-0.39, 0.29) is 11.8 Å². The number of ether oxygens (including phenoxy) is 1. The van der Waals surface area contributed by atoms with E-state index in [2.05, 4.69) is 5.32 Å². The van der Waals surface area contributed by atoms with Gasteiger partial charge in [0.2, 0.25) is 0 Å². The maximum absolute atomic E-state index is 11.3. The van der Waals surface area contributed by atoms with Crippen molar-refractivity contribution in [3.63, 3.8) is 0 Å². The van der Waals surface area contributed by atoms with Gasteiger partial charge in [0.05, 0.1) is 11.0 Å². The Morgan fingerprint density at radius 3 is 3.00 bits per heavy atom. The van der Waals surface area contributed by atoms with E-state index < -0.39 is 16.9 Å². The lowest BCUT2D eigenvalue weighted by Gasteiger charge is -2.17. The van der Waals surface area contributed by atoms with E-state index in [1.807, 2.05) is 0 Å². The molecule has 1 aromatic rings. The summed E-state index contributed by atoms with van der Waals surface area (Å²) in [6, 6.07) is 4.69. The van der Waals surface area contributed by atoms with Crippen molar-refractivity contribution in [1.82, 2.24) is 5.32 Å². The summed E-state index contributed by atoms with van der Waals surface area (Å²) in [5.74, 6) is -1.07. The third-order valence-corrected chi connectivity index (χ3v) is 3.23. The number of aliphatic carboxylic acids is 1. The fourth-order valence-corrected chi connectivity index (χ4v) is 2.22. The molecule has 1 aromatic carbocycles. The number of hydrogen-bond acceptors (Lipinski definition) is 5. The highest BCUT2D eigenvalue weighted by atomic mass is 16.6. The van der Waals surface area contributed by atoms with Crippen LogP contribution in [0.4, 0.5) is 5.69 Å². The van der Waals surface area contributed by atoms with Crippen LogP contribution < -0.4 is 5.32 Å². The van der Waals surface area contributed by atoms with Gasteiger partial charge in [0.1, 0.15) is 6.04 Å². The SMILES string of the molecule is O=C(O)C(NCC1CCCO1)c1cccc([N+](=O)[O-])c1. The predicted octanol–water partition coefficient (Wildman–Crippen LogP) is 1.49. The molecule has 2 atom stereocenters. The molecule has 0 aliphatic carbocycles. The maximum Gasteiger partial charge on any atom is 0.325 e. The molecule has 1 aliphatic heterocycles. The van der Waals surface area contributed by atoms with Crippen molar-refractivity contribution in [2.45, 2.75) is 25.0 Å². The Morgan fingerprint density at radius 2 is 2.40 bits per heavy atom. The third-order valence-electron chi connectivity index (χ3n) is 3.23. The molecule has 7 heteroatoms. The second-order valence-electron chi connectivity index (χ2n) is 4.67. The molecule has 108 valence electrons. The molecule has 1 heterocycles. The Labute approximate surface area is 115 Å². The first kappa shape index (κ1) is 14.4. The van der Waals surface area contributed by atoms with Crippen LogP contribution in [-0.2, 0) is 9.53 Å². The van der Waals surface area contributed by atoms with Crippen LogP contribution in [0.5, 0.6) is 0 Å². The van der Waals surface area contributed by atoms with Crippen molar-refractivity contribution in [2.24, 2.45) is 0 Å². The number of nitro groups is 1. The highest BCUT2D eigenvalue weighted by Crippen LogP contribution is 2.20. The first-order valence-electron chi connectivity index (χ1n) is 6.40. The zero-order valence-corrected chi connectivity index (χ0v) is 10.8. The fourth-order valence-electron chi connectivity index (χ4n) is 2.22. The van der Waals surface area contributed by atoms with E-state index in [4.69, 9.17) is 4.74 Å². The lowest BCUT2D eigenvalue weighted by atomic mass is 10.1. The molecule has 1 fully saturated rings. The van der Waals surface area contributed by atoms with Crippen LogP contribution in [-0.4, -0.2) is 35.3 Å². The zero-order valence-electron chi connectivity index (χ0n) is 10.8. The molecule has 2 N–H and O–H groups in total. The van der Waals surface area contributed by atoms with Crippen molar-refractivity contribution < 1.29 is 19.6 Å². The standard InChI is InChI=1S/C13H16N2O5/c16-13(17)12(14-8-11-5-2-6-20-11)9-3-1-4-10(7-9)15(18)19/h1,3-4,7,11-12,14H,2,5-6,8H2,(H,16,17). The maximum atomic E-state index is 11.3. The molecule has 0 saturated carbocycles. The second kappa shape index (κ2) is 6.44. The van der Waals surface area contributed by atoms with E-state index in [0.717, 1.165) is 12.8 Å². The smallest absolute Gasteiger partial charge is 0.325 e. The topological polar surface area (TPSA) is 102 Å². The minimum atomic E-state index is -1.07. The summed E-state index contributed by atoms with van der Waals surface area (Å²) in [4.78, 5) is 21.5. The number of non-ortho nitro benzene ring substituents is 1. The normalized spacial score (nSPS) is 19.7. The van der Waals surface area contributed by atoms with Gasteiger partial charge in [-0.3, -0.25) is 20.2 Å². The van der Waals surface area contributed by atoms with Gasteiger partial charge in [0.15, 0.2) is 0 Å². The lowest BCUT2D eigenvalue weighted by molar-refractivity contribution is -0.384. The molecule has 2 rings (SSSR count). The Kier molecular flexibility index (Phi) is 4.65. The molecule has 20 heavy (non-hydrogen) atoms. The number of benzene rings is 1. The average Bonchev–Trinajstić information content (AvgIpc) is 2.92. The Morgan fingerprint density at radius 1 is 1.60 bits per heavy atom. The highest BCUT2D eigenvalue weighted by molar-refractivity contribution is 5.75. The summed E-state index contributed by atoms with van der Waals surface area (Å²) in [6.45, 7) is 1.11. The van der Waals surface area contributed by atoms with Gasteiger partial charge in [-0.1, -0.05) is 12.1 Å². The van der Waals surface area contributed by atoms with Crippen LogP contribution in [0.1, 0.15) is 24.4 Å². The summed E-state index contributed by atoms with van der Waals surface area (Å²) in [5, 5.41) is 22.9. The van der Waals surface area contributed by atoms with Gasteiger partial charge in [-0.05, 0) is 18.4 Å². The van der Waals surface area contributed by atoms with Gasteiger partial charge in [-0.15, -0.1) is 0 Å². The summed E-state index contributed by atoms with van der Waals surface area (Å²) in [7, 11) is 0. The number of hydrogen-bond donors (Lipinski definition) is 2. The Bertz CT molecular complexity index is 499. The Balaban J connectivity index is 2.09. The number of nitro benzene ring substituents is 1. The van der Waals surface area contributed by atoms with Gasteiger partial charge in [0, 0.05) is 25.3 Å². The number of nitrogens with one attached hydrogen (secondary N) is 1. The monoisotopic (exact) mass is 280 g/mol. The van der Waals surface area contributed by atoms with Gasteiger partial charge in [-0.25, -0.2) is 0 Å². The largest absolute Gasteiger partial charge is 0.480 e. The summed E-state index contributed by atoms with van der Waals surface area (Å²) < 4.78 is 5.42. The molecule has 2 unspecified atom stereocenters. The van der Waals surface area contributed by atoms with Crippen LogP contribution in [0.25, 0.3) is 0 Å². The van der Waals surface area contributed by atoms with E-state index in [0.29, 0.717) is 18.7 Å². The van der Waals surface area contributed by atoms with Crippen molar-refractivity contribution >= 4 is 11.7 Å². The van der Waals surface area contributed by atoms with Crippen LogP contribution in [0.2, 0.25) is 0 Å². The first-order valence-corrected chi connectivity index (χ1v) is 6.40. The zero-order chi connectivity index (χ0) is 14.5. The number of carboxylic acid groups (broad SMARTS) is 1. The first-order chi connectivity index (χ1) is 9.58. The number of carboxylic acids is 1. The lowest BCUT2D eigenvalue weighted by Crippen LogP contribution is -2.34. The molecule has 0 spiro atoms. The van der Waals surface area contributed by atoms with Gasteiger partial charge in [-0.2, -0.15) is 0 Å². The van der Waals surface area contributed by atoms with E-state index in [1.165, 1.54) is 18.2 Å². The van der Waals surface area contributed by atoms with Gasteiger partial charge in [0.25, 0.3) is 5.69 Å². The van der Waals surface area contributed by atoms with Gasteiger partial charge < -0.3 is 9.84 Å². The molecule has 1 saturated heterocycles. The molecule has 7 nitrogen and oxygen atoms in total. The number of carbonyl (C=O) groups is 1. The minimum absolute atomic E-state index is 0.00977. The molecule has 0 aromatic heterocycles. The molecule has 0 radical (unpaired) electrons. The summed E-state index contributed by atoms with van der Waals surface area (Å²) in [6.07, 6.45) is 1.88. The van der Waals surface area contributed by atoms with Crippen LogP contribution >= 0.6 is 0 Å². The highest BCUT2D eigenvalue weighted by Gasteiger charge is 2.24. The summed E-state index contributed by atoms with van der Waals surface area (Å²) in [5.41, 5.74) is 0.248. The van der Waals surface area contributed by atoms with Gasteiger partial charge >= 0.3 is 5.97 Å². The molecular formula is C13H16N2O5. The summed E-state index contributed by atoms with van der Waals surface area (Å²) >= 11 is 0. The van der Waals surface area contributed by atoms with Crippen molar-refractivity contribution in [2.75, 3.05) is 13.2 Å².